The van der Waals surface area contributed by atoms with Crippen molar-refractivity contribution in [3.63, 3.8) is 0 Å². The highest BCUT2D eigenvalue weighted by molar-refractivity contribution is 5.35. The Hall–Kier alpha value is -1.04. The molecule has 0 N–H and O–H groups in total. The molecule has 24 heavy (non-hydrogen) atoms. The van der Waals surface area contributed by atoms with Gasteiger partial charge in [-0.3, -0.25) is 0 Å². The molecule has 0 rings (SSSR count). The van der Waals surface area contributed by atoms with Crippen LogP contribution in [0.15, 0.2) is 47.1 Å². The molecule has 0 aliphatic carbocycles. The van der Waals surface area contributed by atoms with Crippen LogP contribution in [0, 0.1) is 11.8 Å². The van der Waals surface area contributed by atoms with Crippen molar-refractivity contribution in [3.05, 3.63) is 47.1 Å². The van der Waals surface area contributed by atoms with Gasteiger partial charge in [-0.25, -0.2) is 0 Å². The Labute approximate surface area is 154 Å². The molecule has 0 heteroatoms. The predicted octanol–water partition coefficient (Wildman–Crippen LogP) is 8.92. The Morgan fingerprint density at radius 3 is 1.79 bits per heavy atom. The van der Waals surface area contributed by atoms with Gasteiger partial charge in [0.15, 0.2) is 0 Å². The van der Waals surface area contributed by atoms with E-state index in [0.717, 1.165) is 12.3 Å². The molecular weight excluding hydrogens is 288 g/mol. The van der Waals surface area contributed by atoms with Crippen LogP contribution in [0.1, 0.15) is 95.4 Å². The first kappa shape index (κ1) is 27.8. The second-order valence-corrected chi connectivity index (χ2v) is 6.20. The standard InChI is InChI=1S/C20H34.2C2H6/c1-8-10-11-20(9-2)19(7)15-14-18(6)17(5)13-12-16(3)4;2*1-2/h8,10-11,14-17H,9,12-13H2,1-7H3;2*1-2H3/b10-8-,18-14+,19-15+,20-11+;;. The van der Waals surface area contributed by atoms with E-state index in [1.165, 1.54) is 29.6 Å². The molecule has 0 heterocycles. The molecule has 0 aliphatic rings. The largest absolute Gasteiger partial charge is 0.0877 e. The van der Waals surface area contributed by atoms with E-state index in [1.807, 2.05) is 27.7 Å². The lowest BCUT2D eigenvalue weighted by Gasteiger charge is -2.13. The Bertz CT molecular complexity index is 375. The highest BCUT2D eigenvalue weighted by atomic mass is 14.1. The van der Waals surface area contributed by atoms with Crippen LogP contribution >= 0.6 is 0 Å². The minimum absolute atomic E-state index is 0.686. The Balaban J connectivity index is -0.00000102. The number of hydrogen-bond donors (Lipinski definition) is 0. The third-order valence-electron chi connectivity index (χ3n) is 3.93. The van der Waals surface area contributed by atoms with Gasteiger partial charge in [-0.1, -0.05) is 97.8 Å². The van der Waals surface area contributed by atoms with Crippen LogP contribution in [-0.2, 0) is 0 Å². The van der Waals surface area contributed by atoms with Gasteiger partial charge in [0, 0.05) is 0 Å². The summed E-state index contributed by atoms with van der Waals surface area (Å²) in [6.45, 7) is 23.7. The summed E-state index contributed by atoms with van der Waals surface area (Å²) in [7, 11) is 0. The maximum atomic E-state index is 2.34. The zero-order valence-electron chi connectivity index (χ0n) is 18.7. The van der Waals surface area contributed by atoms with Crippen LogP contribution in [0.25, 0.3) is 0 Å². The molecular formula is C24H46. The number of allylic oxidation sites excluding steroid dienone is 8. The van der Waals surface area contributed by atoms with E-state index >= 15 is 0 Å². The van der Waals surface area contributed by atoms with E-state index in [9.17, 15) is 0 Å². The lowest BCUT2D eigenvalue weighted by atomic mass is 9.93. The van der Waals surface area contributed by atoms with Crippen molar-refractivity contribution in [2.75, 3.05) is 0 Å². The van der Waals surface area contributed by atoms with Crippen molar-refractivity contribution in [1.29, 1.82) is 0 Å². The second kappa shape index (κ2) is 20.0. The SMILES string of the molecule is CC.CC.C\C=C/C=C(CC)/C(C)=C/C=C(\C)C(C)CCC(C)C. The van der Waals surface area contributed by atoms with Gasteiger partial charge < -0.3 is 0 Å². The first-order chi connectivity index (χ1) is 11.4. The molecule has 0 radical (unpaired) electrons. The molecule has 142 valence electrons. The molecule has 0 aliphatic heterocycles. The molecule has 1 atom stereocenters. The van der Waals surface area contributed by atoms with Crippen molar-refractivity contribution in [3.8, 4) is 0 Å². The topological polar surface area (TPSA) is 0 Å². The second-order valence-electron chi connectivity index (χ2n) is 6.20. The van der Waals surface area contributed by atoms with E-state index in [0.29, 0.717) is 5.92 Å². The highest BCUT2D eigenvalue weighted by Gasteiger charge is 2.05. The third-order valence-corrected chi connectivity index (χ3v) is 3.93. The predicted molar refractivity (Wildman–Crippen MR) is 117 cm³/mol. The Morgan fingerprint density at radius 1 is 0.833 bits per heavy atom. The molecule has 0 fully saturated rings. The first-order valence-electron chi connectivity index (χ1n) is 10.1. The minimum atomic E-state index is 0.686. The summed E-state index contributed by atoms with van der Waals surface area (Å²) < 4.78 is 0. The van der Waals surface area contributed by atoms with Crippen LogP contribution in [-0.4, -0.2) is 0 Å². The van der Waals surface area contributed by atoms with Crippen LogP contribution in [0.4, 0.5) is 0 Å². The average Bonchev–Trinajstić information content (AvgIpc) is 2.61. The molecule has 0 saturated carbocycles. The van der Waals surface area contributed by atoms with Gasteiger partial charge in [0.1, 0.15) is 0 Å². The normalized spacial score (nSPS) is 14.1. The van der Waals surface area contributed by atoms with Crippen LogP contribution in [0.3, 0.4) is 0 Å². The molecule has 0 nitrogen and oxygen atoms in total. The lowest BCUT2D eigenvalue weighted by molar-refractivity contribution is 0.489. The monoisotopic (exact) mass is 334 g/mol. The van der Waals surface area contributed by atoms with Gasteiger partial charge in [0.05, 0.1) is 0 Å². The fourth-order valence-electron chi connectivity index (χ4n) is 2.08. The Kier molecular flexibility index (Phi) is 23.2. The van der Waals surface area contributed by atoms with Crippen molar-refractivity contribution in [2.45, 2.75) is 95.4 Å². The summed E-state index contributed by atoms with van der Waals surface area (Å²) in [6.07, 6.45) is 14.7. The quantitative estimate of drug-likeness (QED) is 0.389. The third kappa shape index (κ3) is 15.8. The van der Waals surface area contributed by atoms with Gasteiger partial charge in [0.2, 0.25) is 0 Å². The summed E-state index contributed by atoms with van der Waals surface area (Å²) >= 11 is 0. The maximum Gasteiger partial charge on any atom is -0.0231 e. The zero-order chi connectivity index (χ0) is 19.5. The molecule has 0 aromatic carbocycles. The van der Waals surface area contributed by atoms with Crippen LogP contribution in [0.2, 0.25) is 0 Å². The molecule has 0 amide bonds. The van der Waals surface area contributed by atoms with Gasteiger partial charge in [0.25, 0.3) is 0 Å². The van der Waals surface area contributed by atoms with Gasteiger partial charge >= 0.3 is 0 Å². The minimum Gasteiger partial charge on any atom is -0.0877 e. The number of hydrogen-bond acceptors (Lipinski definition) is 0. The molecule has 1 unspecified atom stereocenters. The smallest absolute Gasteiger partial charge is 0.0231 e. The fourth-order valence-corrected chi connectivity index (χ4v) is 2.08. The van der Waals surface area contributed by atoms with E-state index in [2.05, 4.69) is 78.8 Å². The van der Waals surface area contributed by atoms with E-state index in [4.69, 9.17) is 0 Å². The summed E-state index contributed by atoms with van der Waals surface area (Å²) in [5.74, 6) is 1.49. The van der Waals surface area contributed by atoms with Crippen molar-refractivity contribution in [1.82, 2.24) is 0 Å². The zero-order valence-corrected chi connectivity index (χ0v) is 18.7. The van der Waals surface area contributed by atoms with Crippen molar-refractivity contribution >= 4 is 0 Å². The van der Waals surface area contributed by atoms with Gasteiger partial charge in [-0.15, -0.1) is 0 Å². The lowest BCUT2D eigenvalue weighted by Crippen LogP contribution is -1.99. The van der Waals surface area contributed by atoms with E-state index < -0.39 is 0 Å². The number of rotatable bonds is 8. The van der Waals surface area contributed by atoms with Crippen molar-refractivity contribution < 1.29 is 0 Å². The fraction of sp³-hybridized carbons (Fsp3) is 0.667. The van der Waals surface area contributed by atoms with Crippen molar-refractivity contribution in [2.24, 2.45) is 11.8 Å². The summed E-state index contributed by atoms with van der Waals surface area (Å²) in [5, 5.41) is 0. The summed E-state index contributed by atoms with van der Waals surface area (Å²) in [4.78, 5) is 0. The molecule has 0 saturated heterocycles. The molecule has 0 aromatic rings. The summed E-state index contributed by atoms with van der Waals surface area (Å²) in [5.41, 5.74) is 4.29. The van der Waals surface area contributed by atoms with E-state index in [1.54, 1.807) is 0 Å². The maximum absolute atomic E-state index is 2.34. The van der Waals surface area contributed by atoms with Crippen LogP contribution in [0.5, 0.6) is 0 Å². The summed E-state index contributed by atoms with van der Waals surface area (Å²) in [6, 6.07) is 0. The van der Waals surface area contributed by atoms with Gasteiger partial charge in [-0.05, 0) is 56.6 Å². The average molecular weight is 335 g/mol. The Morgan fingerprint density at radius 2 is 1.38 bits per heavy atom. The molecule has 0 spiro atoms. The molecule has 0 aromatic heterocycles. The van der Waals surface area contributed by atoms with Gasteiger partial charge in [-0.2, -0.15) is 0 Å². The van der Waals surface area contributed by atoms with Crippen LogP contribution < -0.4 is 0 Å². The highest BCUT2D eigenvalue weighted by Crippen LogP contribution is 2.20. The first-order valence-corrected chi connectivity index (χ1v) is 10.1. The van der Waals surface area contributed by atoms with E-state index in [-0.39, 0.29) is 0 Å². The molecule has 0 bridgehead atoms.